The van der Waals surface area contributed by atoms with Crippen LogP contribution in [0.4, 0.5) is 0 Å². The Morgan fingerprint density at radius 2 is 1.70 bits per heavy atom. The number of pyridine rings is 1. The summed E-state index contributed by atoms with van der Waals surface area (Å²) in [5.41, 5.74) is 16.1. The van der Waals surface area contributed by atoms with Gasteiger partial charge in [0.25, 0.3) is 0 Å². The number of rotatable bonds is 8. The molecule has 0 bridgehead atoms. The first-order valence-corrected chi connectivity index (χ1v) is 11.1. The molecular formula is C25H28ClN7. The summed E-state index contributed by atoms with van der Waals surface area (Å²) in [4.78, 5) is 13.9. The van der Waals surface area contributed by atoms with Gasteiger partial charge in [0.1, 0.15) is 5.84 Å². The molecule has 6 N–H and O–H groups in total. The van der Waals surface area contributed by atoms with Crippen LogP contribution in [0.2, 0.25) is 5.02 Å². The van der Waals surface area contributed by atoms with Crippen molar-refractivity contribution in [2.45, 2.75) is 32.7 Å². The maximum absolute atomic E-state index is 6.40. The molecule has 0 aliphatic heterocycles. The van der Waals surface area contributed by atoms with Gasteiger partial charge < -0.3 is 17.3 Å². The second-order valence-electron chi connectivity index (χ2n) is 7.44. The highest BCUT2D eigenvalue weighted by molar-refractivity contribution is 6.34. The molecular weight excluding hydrogens is 434 g/mol. The van der Waals surface area contributed by atoms with Gasteiger partial charge in [-0.15, -0.1) is 0 Å². The van der Waals surface area contributed by atoms with Crippen molar-refractivity contribution < 1.29 is 0 Å². The van der Waals surface area contributed by atoms with Crippen LogP contribution in [0.3, 0.4) is 0 Å². The Hall–Kier alpha value is -3.71. The lowest BCUT2D eigenvalue weighted by Gasteiger charge is -2.09. The summed E-state index contributed by atoms with van der Waals surface area (Å²) in [6.07, 6.45) is 4.50. The number of halogens is 1. The van der Waals surface area contributed by atoms with E-state index in [1.54, 1.807) is 6.20 Å². The molecule has 0 fully saturated rings. The van der Waals surface area contributed by atoms with E-state index in [0.29, 0.717) is 29.7 Å². The van der Waals surface area contributed by atoms with Crippen molar-refractivity contribution in [3.63, 3.8) is 0 Å². The fraction of sp³-hybridized carbons (Fsp3) is 0.200. The van der Waals surface area contributed by atoms with Gasteiger partial charge in [-0.2, -0.15) is 5.10 Å². The molecule has 0 unspecified atom stereocenters. The smallest absolute Gasteiger partial charge is 0.158 e. The Kier molecular flexibility index (Phi) is 8.55. The van der Waals surface area contributed by atoms with Gasteiger partial charge in [-0.05, 0) is 30.2 Å². The highest BCUT2D eigenvalue weighted by Gasteiger charge is 2.10. The quantitative estimate of drug-likeness (QED) is 0.198. The Morgan fingerprint density at radius 1 is 0.970 bits per heavy atom. The molecule has 1 aromatic heterocycles. The van der Waals surface area contributed by atoms with Crippen LogP contribution in [0.1, 0.15) is 42.9 Å². The van der Waals surface area contributed by atoms with Gasteiger partial charge in [0, 0.05) is 29.3 Å². The second-order valence-corrected chi connectivity index (χ2v) is 7.85. The SMILES string of the molecule is CCCCC(N)=NC(=NCc1ccc(-c2ccccc2/C(N)=N/N)nc1)c1ccccc1Cl. The molecule has 33 heavy (non-hydrogen) atoms. The number of nitrogens with two attached hydrogens (primary N) is 3. The predicted octanol–water partition coefficient (Wildman–Crippen LogP) is 4.48. The van der Waals surface area contributed by atoms with Crippen molar-refractivity contribution in [3.05, 3.63) is 88.6 Å². The van der Waals surface area contributed by atoms with Crippen molar-refractivity contribution in [1.82, 2.24) is 4.98 Å². The molecule has 3 aromatic rings. The third kappa shape index (κ3) is 6.40. The second kappa shape index (κ2) is 11.8. The van der Waals surface area contributed by atoms with Gasteiger partial charge in [-0.3, -0.25) is 9.98 Å². The number of hydrogen-bond donors (Lipinski definition) is 3. The predicted molar refractivity (Wildman–Crippen MR) is 137 cm³/mol. The zero-order valence-corrected chi connectivity index (χ0v) is 19.3. The van der Waals surface area contributed by atoms with E-state index in [2.05, 4.69) is 22.0 Å². The summed E-state index contributed by atoms with van der Waals surface area (Å²) in [5, 5.41) is 4.18. The molecule has 0 saturated heterocycles. The molecule has 3 rings (SSSR count). The first-order valence-electron chi connectivity index (χ1n) is 10.7. The number of amidine groups is 3. The Balaban J connectivity index is 1.88. The summed E-state index contributed by atoms with van der Waals surface area (Å²) < 4.78 is 0. The van der Waals surface area contributed by atoms with Crippen LogP contribution >= 0.6 is 11.6 Å². The van der Waals surface area contributed by atoms with Gasteiger partial charge in [0.05, 0.1) is 17.3 Å². The van der Waals surface area contributed by atoms with Gasteiger partial charge in [0.2, 0.25) is 0 Å². The lowest BCUT2D eigenvalue weighted by atomic mass is 10.0. The van der Waals surface area contributed by atoms with E-state index in [-0.39, 0.29) is 5.84 Å². The standard InChI is InChI=1S/C25H28ClN7/c1-2-3-12-23(27)32-25(20-10-6-7-11-21(20)26)31-16-17-13-14-22(30-15-17)18-8-4-5-9-19(18)24(28)33-29/h4-11,13-15H,2-3,12,16,29H2,1H3,(H2,28,33)(H2,27,31,32). The molecule has 2 aromatic carbocycles. The van der Waals surface area contributed by atoms with E-state index in [9.17, 15) is 0 Å². The number of hydrogen-bond acceptors (Lipinski definition) is 4. The highest BCUT2D eigenvalue weighted by Crippen LogP contribution is 2.22. The molecule has 0 amide bonds. The number of hydrazone groups is 1. The number of aromatic nitrogens is 1. The molecule has 0 aliphatic rings. The van der Waals surface area contributed by atoms with Crippen LogP contribution in [0.25, 0.3) is 11.3 Å². The first kappa shape index (κ1) is 23.9. The van der Waals surface area contributed by atoms with Crippen molar-refractivity contribution in [2.24, 2.45) is 32.4 Å². The lowest BCUT2D eigenvalue weighted by molar-refractivity contribution is 0.831. The van der Waals surface area contributed by atoms with Crippen molar-refractivity contribution in [2.75, 3.05) is 0 Å². The highest BCUT2D eigenvalue weighted by atomic mass is 35.5. The lowest BCUT2D eigenvalue weighted by Crippen LogP contribution is -2.16. The molecule has 0 saturated carbocycles. The van der Waals surface area contributed by atoms with E-state index < -0.39 is 0 Å². The zero-order valence-electron chi connectivity index (χ0n) is 18.6. The van der Waals surface area contributed by atoms with Crippen LogP contribution in [0, 0.1) is 0 Å². The summed E-state index contributed by atoms with van der Waals surface area (Å²) in [5.74, 6) is 6.67. The summed E-state index contributed by atoms with van der Waals surface area (Å²) >= 11 is 6.40. The van der Waals surface area contributed by atoms with Gasteiger partial charge in [0.15, 0.2) is 11.7 Å². The summed E-state index contributed by atoms with van der Waals surface area (Å²) in [6.45, 7) is 2.50. The monoisotopic (exact) mass is 461 g/mol. The molecule has 1 heterocycles. The minimum Gasteiger partial charge on any atom is -0.387 e. The number of nitrogens with zero attached hydrogens (tertiary/aromatic N) is 4. The minimum absolute atomic E-state index is 0.254. The topological polar surface area (TPSA) is 128 Å². The molecule has 0 atom stereocenters. The maximum atomic E-state index is 6.40. The normalized spacial score (nSPS) is 12.7. The number of benzene rings is 2. The van der Waals surface area contributed by atoms with Crippen molar-refractivity contribution in [1.29, 1.82) is 0 Å². The third-order valence-electron chi connectivity index (χ3n) is 5.00. The molecule has 0 spiro atoms. The Bertz CT molecular complexity index is 1170. The van der Waals surface area contributed by atoms with E-state index in [1.807, 2.05) is 60.7 Å². The molecule has 0 aliphatic carbocycles. The zero-order chi connectivity index (χ0) is 23.6. The summed E-state index contributed by atoms with van der Waals surface area (Å²) in [7, 11) is 0. The van der Waals surface area contributed by atoms with Gasteiger partial charge in [-0.1, -0.05) is 67.4 Å². The van der Waals surface area contributed by atoms with Crippen molar-refractivity contribution >= 4 is 29.1 Å². The fourth-order valence-corrected chi connectivity index (χ4v) is 3.44. The van der Waals surface area contributed by atoms with Gasteiger partial charge >= 0.3 is 0 Å². The van der Waals surface area contributed by atoms with Crippen LogP contribution in [0.15, 0.2) is 81.9 Å². The molecule has 0 radical (unpaired) electrons. The third-order valence-corrected chi connectivity index (χ3v) is 5.33. The molecule has 7 nitrogen and oxygen atoms in total. The average molecular weight is 462 g/mol. The molecule has 170 valence electrons. The largest absolute Gasteiger partial charge is 0.387 e. The number of unbranched alkanes of at least 4 members (excludes halogenated alkanes) is 1. The van der Waals surface area contributed by atoms with Crippen LogP contribution < -0.4 is 17.3 Å². The average Bonchev–Trinajstić information content (AvgIpc) is 2.85. The Morgan fingerprint density at radius 3 is 2.36 bits per heavy atom. The van der Waals surface area contributed by atoms with E-state index in [1.165, 1.54) is 0 Å². The first-order chi connectivity index (χ1) is 16.0. The van der Waals surface area contributed by atoms with E-state index >= 15 is 0 Å². The minimum atomic E-state index is 0.254. The van der Waals surface area contributed by atoms with Crippen LogP contribution in [0.5, 0.6) is 0 Å². The maximum Gasteiger partial charge on any atom is 0.158 e. The number of aliphatic imine (C=N–C) groups is 2. The fourth-order valence-electron chi connectivity index (χ4n) is 3.22. The van der Waals surface area contributed by atoms with Gasteiger partial charge in [-0.25, -0.2) is 4.99 Å². The summed E-state index contributed by atoms with van der Waals surface area (Å²) in [6, 6.07) is 18.9. The van der Waals surface area contributed by atoms with E-state index in [4.69, 9.17) is 33.9 Å². The Labute approximate surface area is 199 Å². The van der Waals surface area contributed by atoms with E-state index in [0.717, 1.165) is 40.8 Å². The molecule has 8 heteroatoms. The van der Waals surface area contributed by atoms with Crippen LogP contribution in [-0.2, 0) is 6.54 Å². The van der Waals surface area contributed by atoms with Crippen molar-refractivity contribution in [3.8, 4) is 11.3 Å². The van der Waals surface area contributed by atoms with Crippen LogP contribution in [-0.4, -0.2) is 22.5 Å².